The number of nitrogens with two attached hydrogens (primary N) is 1. The van der Waals surface area contributed by atoms with Crippen LogP contribution in [0.5, 0.6) is 5.75 Å². The first-order valence-corrected chi connectivity index (χ1v) is 6.07. The quantitative estimate of drug-likeness (QED) is 0.690. The van der Waals surface area contributed by atoms with Gasteiger partial charge in [-0.1, -0.05) is 6.07 Å². The fourth-order valence-corrected chi connectivity index (χ4v) is 2.14. The molecular weight excluding hydrogens is 238 g/mol. The molecule has 4 nitrogen and oxygen atoms in total. The summed E-state index contributed by atoms with van der Waals surface area (Å²) in [6.07, 6.45) is 0. The Morgan fingerprint density at radius 1 is 1.16 bits per heavy atom. The molecule has 3 N–H and O–H groups in total. The smallest absolute Gasteiger partial charge is 0.138 e. The number of imidazole rings is 1. The molecule has 0 saturated carbocycles. The molecule has 0 spiro atoms. The van der Waals surface area contributed by atoms with Crippen LogP contribution in [0.25, 0.3) is 22.4 Å². The first-order valence-electron chi connectivity index (χ1n) is 6.07. The van der Waals surface area contributed by atoms with Crippen LogP contribution in [0.2, 0.25) is 0 Å². The molecule has 0 aliphatic carbocycles. The second-order valence-electron chi connectivity index (χ2n) is 4.54. The van der Waals surface area contributed by atoms with Gasteiger partial charge in [-0.15, -0.1) is 0 Å². The number of rotatable bonds is 2. The fraction of sp³-hybridized carbons (Fsp3) is 0.133. The predicted octanol–water partition coefficient (Wildman–Crippen LogP) is 3.13. The number of hydrogen-bond acceptors (Lipinski definition) is 3. The summed E-state index contributed by atoms with van der Waals surface area (Å²) in [5, 5.41) is 0. The normalized spacial score (nSPS) is 10.8. The van der Waals surface area contributed by atoms with Crippen LogP contribution in [0.4, 0.5) is 5.69 Å². The van der Waals surface area contributed by atoms with Gasteiger partial charge in [0.25, 0.3) is 0 Å². The minimum absolute atomic E-state index is 0.735. The highest BCUT2D eigenvalue weighted by Gasteiger charge is 2.08. The number of methoxy groups -OCH3 is 1. The number of aromatic amines is 1. The summed E-state index contributed by atoms with van der Waals surface area (Å²) < 4.78 is 5.21. The van der Waals surface area contributed by atoms with Gasteiger partial charge in [-0.2, -0.15) is 0 Å². The van der Waals surface area contributed by atoms with Crippen LogP contribution < -0.4 is 10.5 Å². The maximum Gasteiger partial charge on any atom is 0.138 e. The van der Waals surface area contributed by atoms with Gasteiger partial charge in [0.1, 0.15) is 11.6 Å². The van der Waals surface area contributed by atoms with E-state index in [0.717, 1.165) is 39.4 Å². The molecule has 1 aromatic heterocycles. The highest BCUT2D eigenvalue weighted by Crippen LogP contribution is 2.27. The van der Waals surface area contributed by atoms with Crippen LogP contribution in [0.3, 0.4) is 0 Å². The van der Waals surface area contributed by atoms with E-state index in [-0.39, 0.29) is 0 Å². The zero-order valence-electron chi connectivity index (χ0n) is 10.9. The van der Waals surface area contributed by atoms with E-state index in [1.165, 1.54) is 0 Å². The summed E-state index contributed by atoms with van der Waals surface area (Å²) >= 11 is 0. The van der Waals surface area contributed by atoms with E-state index < -0.39 is 0 Å². The molecule has 0 aliphatic heterocycles. The molecule has 3 aromatic rings. The van der Waals surface area contributed by atoms with Crippen molar-refractivity contribution in [2.24, 2.45) is 0 Å². The van der Waals surface area contributed by atoms with Crippen molar-refractivity contribution in [2.45, 2.75) is 6.92 Å². The standard InChI is InChI=1S/C15H15N3O/c1-9-3-4-10(16)7-12(9)15-17-13-6-5-11(19-2)8-14(13)18-15/h3-8H,16H2,1-2H3,(H,17,18). The van der Waals surface area contributed by atoms with E-state index in [0.29, 0.717) is 0 Å². The monoisotopic (exact) mass is 253 g/mol. The molecule has 0 aliphatic rings. The van der Waals surface area contributed by atoms with Gasteiger partial charge in [0.15, 0.2) is 0 Å². The maximum absolute atomic E-state index is 5.84. The number of anilines is 1. The van der Waals surface area contributed by atoms with Crippen molar-refractivity contribution < 1.29 is 4.74 Å². The Labute approximate surface area is 111 Å². The van der Waals surface area contributed by atoms with E-state index >= 15 is 0 Å². The lowest BCUT2D eigenvalue weighted by molar-refractivity contribution is 0.415. The molecule has 0 fully saturated rings. The topological polar surface area (TPSA) is 63.9 Å². The fourth-order valence-electron chi connectivity index (χ4n) is 2.14. The van der Waals surface area contributed by atoms with Gasteiger partial charge in [-0.3, -0.25) is 0 Å². The average molecular weight is 253 g/mol. The average Bonchev–Trinajstić information content (AvgIpc) is 2.83. The van der Waals surface area contributed by atoms with Crippen molar-refractivity contribution in [3.05, 3.63) is 42.0 Å². The second kappa shape index (κ2) is 4.31. The van der Waals surface area contributed by atoms with Gasteiger partial charge in [-0.05, 0) is 36.8 Å². The van der Waals surface area contributed by atoms with Gasteiger partial charge >= 0.3 is 0 Å². The third-order valence-electron chi connectivity index (χ3n) is 3.21. The zero-order chi connectivity index (χ0) is 13.4. The summed E-state index contributed by atoms with van der Waals surface area (Å²) in [7, 11) is 1.65. The molecule has 96 valence electrons. The van der Waals surface area contributed by atoms with Crippen molar-refractivity contribution in [1.82, 2.24) is 9.97 Å². The number of aromatic nitrogens is 2. The number of nitrogen functional groups attached to an aromatic ring is 1. The summed E-state index contributed by atoms with van der Waals surface area (Å²) in [5.74, 6) is 1.64. The number of hydrogen-bond donors (Lipinski definition) is 2. The van der Waals surface area contributed by atoms with Crippen LogP contribution in [-0.4, -0.2) is 17.1 Å². The van der Waals surface area contributed by atoms with Gasteiger partial charge in [0.05, 0.1) is 18.1 Å². The minimum atomic E-state index is 0.735. The molecule has 1 heterocycles. The molecule has 0 bridgehead atoms. The van der Waals surface area contributed by atoms with Crippen LogP contribution in [-0.2, 0) is 0 Å². The molecule has 2 aromatic carbocycles. The molecule has 0 atom stereocenters. The molecule has 4 heteroatoms. The lowest BCUT2D eigenvalue weighted by atomic mass is 10.1. The number of aryl methyl sites for hydroxylation is 1. The van der Waals surface area contributed by atoms with Gasteiger partial charge in [-0.25, -0.2) is 4.98 Å². The molecule has 0 radical (unpaired) electrons. The highest BCUT2D eigenvalue weighted by atomic mass is 16.5. The van der Waals surface area contributed by atoms with Crippen molar-refractivity contribution in [3.8, 4) is 17.1 Å². The number of fused-ring (bicyclic) bond motifs is 1. The lowest BCUT2D eigenvalue weighted by Crippen LogP contribution is -1.90. The first kappa shape index (κ1) is 11.6. The van der Waals surface area contributed by atoms with Crippen LogP contribution in [0.1, 0.15) is 5.56 Å². The van der Waals surface area contributed by atoms with Crippen LogP contribution in [0.15, 0.2) is 36.4 Å². The van der Waals surface area contributed by atoms with Gasteiger partial charge in [0.2, 0.25) is 0 Å². The van der Waals surface area contributed by atoms with E-state index in [9.17, 15) is 0 Å². The third kappa shape index (κ3) is 2.01. The summed E-state index contributed by atoms with van der Waals surface area (Å²) in [6.45, 7) is 2.04. The van der Waals surface area contributed by atoms with E-state index in [2.05, 4.69) is 9.97 Å². The predicted molar refractivity (Wildman–Crippen MR) is 77.2 cm³/mol. The zero-order valence-corrected chi connectivity index (χ0v) is 10.9. The van der Waals surface area contributed by atoms with Crippen LogP contribution >= 0.6 is 0 Å². The second-order valence-corrected chi connectivity index (χ2v) is 4.54. The van der Waals surface area contributed by atoms with E-state index in [4.69, 9.17) is 10.5 Å². The van der Waals surface area contributed by atoms with Gasteiger partial charge in [0, 0.05) is 17.3 Å². The minimum Gasteiger partial charge on any atom is -0.497 e. The number of H-pyrrole nitrogens is 1. The molecule has 0 amide bonds. The molecule has 0 unspecified atom stereocenters. The van der Waals surface area contributed by atoms with Crippen molar-refractivity contribution >= 4 is 16.7 Å². The molecule has 0 saturated heterocycles. The number of benzene rings is 2. The number of ether oxygens (including phenoxy) is 1. The first-order chi connectivity index (χ1) is 9.17. The Morgan fingerprint density at radius 3 is 2.79 bits per heavy atom. The Bertz CT molecular complexity index is 746. The Kier molecular flexibility index (Phi) is 2.63. The SMILES string of the molecule is COc1ccc2nc(-c3cc(N)ccc3C)[nH]c2c1. The number of nitrogens with zero attached hydrogens (tertiary/aromatic N) is 1. The summed E-state index contributed by atoms with van der Waals surface area (Å²) in [4.78, 5) is 7.90. The van der Waals surface area contributed by atoms with Crippen LogP contribution in [0, 0.1) is 6.92 Å². The molecule has 3 rings (SSSR count). The van der Waals surface area contributed by atoms with E-state index in [1.54, 1.807) is 7.11 Å². The van der Waals surface area contributed by atoms with Gasteiger partial charge < -0.3 is 15.5 Å². The lowest BCUT2D eigenvalue weighted by Gasteiger charge is -2.03. The highest BCUT2D eigenvalue weighted by molar-refractivity contribution is 5.81. The Morgan fingerprint density at radius 2 is 2.00 bits per heavy atom. The summed E-state index contributed by atoms with van der Waals surface area (Å²) in [6, 6.07) is 11.6. The Balaban J connectivity index is 2.17. The Hall–Kier alpha value is -2.49. The number of nitrogens with one attached hydrogen (secondary N) is 1. The maximum atomic E-state index is 5.84. The van der Waals surface area contributed by atoms with Crippen molar-refractivity contribution in [1.29, 1.82) is 0 Å². The van der Waals surface area contributed by atoms with Crippen molar-refractivity contribution in [3.63, 3.8) is 0 Å². The van der Waals surface area contributed by atoms with E-state index in [1.807, 2.05) is 43.3 Å². The third-order valence-corrected chi connectivity index (χ3v) is 3.21. The molecule has 19 heavy (non-hydrogen) atoms. The molecular formula is C15H15N3O. The summed E-state index contributed by atoms with van der Waals surface area (Å²) in [5.41, 5.74) is 10.6. The van der Waals surface area contributed by atoms with Crippen molar-refractivity contribution in [2.75, 3.05) is 12.8 Å². The largest absolute Gasteiger partial charge is 0.497 e.